The van der Waals surface area contributed by atoms with Crippen LogP contribution in [0.1, 0.15) is 41.9 Å². The lowest BCUT2D eigenvalue weighted by atomic mass is 9.97. The summed E-state index contributed by atoms with van der Waals surface area (Å²) < 4.78 is 4.22. The number of hydrogen-bond acceptors (Lipinski definition) is 6. The Labute approximate surface area is 152 Å². The van der Waals surface area contributed by atoms with Crippen LogP contribution in [0.25, 0.3) is 0 Å². The number of imidazole rings is 1. The molecule has 0 aliphatic carbocycles. The van der Waals surface area contributed by atoms with Crippen molar-refractivity contribution in [2.75, 3.05) is 18.0 Å². The smallest absolute Gasteiger partial charge is 0.152 e. The van der Waals surface area contributed by atoms with Crippen molar-refractivity contribution in [3.63, 3.8) is 0 Å². The lowest BCUT2D eigenvalue weighted by Gasteiger charge is -2.32. The van der Waals surface area contributed by atoms with Gasteiger partial charge in [0.25, 0.3) is 0 Å². The average molecular weight is 352 g/mol. The third-order valence-electron chi connectivity index (χ3n) is 5.13. The van der Waals surface area contributed by atoms with E-state index in [4.69, 9.17) is 0 Å². The SMILES string of the molecule is Cc1ccc(N2CCC[C@@H](c3nnc(Cn4ccnc4C)n3C)C2)nn1. The molecule has 8 nitrogen and oxygen atoms in total. The predicted octanol–water partition coefficient (Wildman–Crippen LogP) is 1.85. The van der Waals surface area contributed by atoms with Crippen molar-refractivity contribution >= 4 is 5.82 Å². The molecule has 0 amide bonds. The molecule has 4 rings (SSSR count). The Bertz CT molecular complexity index is 879. The molecule has 1 atom stereocenters. The van der Waals surface area contributed by atoms with Crippen molar-refractivity contribution in [3.8, 4) is 0 Å². The Morgan fingerprint density at radius 2 is 2.00 bits per heavy atom. The number of aromatic nitrogens is 7. The van der Waals surface area contributed by atoms with Crippen LogP contribution in [0, 0.1) is 13.8 Å². The van der Waals surface area contributed by atoms with Gasteiger partial charge in [-0.25, -0.2) is 4.98 Å². The van der Waals surface area contributed by atoms with Crippen LogP contribution in [0.3, 0.4) is 0 Å². The van der Waals surface area contributed by atoms with Crippen LogP contribution in [0.5, 0.6) is 0 Å². The van der Waals surface area contributed by atoms with E-state index in [0.717, 1.165) is 54.9 Å². The largest absolute Gasteiger partial charge is 0.354 e. The van der Waals surface area contributed by atoms with Crippen molar-refractivity contribution in [1.29, 1.82) is 0 Å². The second-order valence-electron chi connectivity index (χ2n) is 6.95. The molecule has 136 valence electrons. The normalized spacial score (nSPS) is 17.7. The molecule has 1 aliphatic rings. The molecule has 1 aliphatic heterocycles. The van der Waals surface area contributed by atoms with Crippen LogP contribution in [-0.2, 0) is 13.6 Å². The van der Waals surface area contributed by atoms with Crippen molar-refractivity contribution in [2.24, 2.45) is 7.05 Å². The minimum absolute atomic E-state index is 0.349. The third kappa shape index (κ3) is 3.18. The second-order valence-corrected chi connectivity index (χ2v) is 6.95. The van der Waals surface area contributed by atoms with Gasteiger partial charge >= 0.3 is 0 Å². The molecule has 0 N–H and O–H groups in total. The zero-order valence-electron chi connectivity index (χ0n) is 15.5. The maximum Gasteiger partial charge on any atom is 0.152 e. The lowest BCUT2D eigenvalue weighted by molar-refractivity contribution is 0.474. The van der Waals surface area contributed by atoms with Crippen molar-refractivity contribution < 1.29 is 0 Å². The van der Waals surface area contributed by atoms with E-state index in [0.29, 0.717) is 12.5 Å². The van der Waals surface area contributed by atoms with Gasteiger partial charge in [-0.05, 0) is 38.8 Å². The van der Waals surface area contributed by atoms with Gasteiger partial charge in [-0.2, -0.15) is 5.10 Å². The van der Waals surface area contributed by atoms with E-state index in [1.165, 1.54) is 0 Å². The summed E-state index contributed by atoms with van der Waals surface area (Å²) in [5, 5.41) is 17.5. The highest BCUT2D eigenvalue weighted by atomic mass is 15.3. The molecular formula is C18H24N8. The van der Waals surface area contributed by atoms with Crippen LogP contribution in [0.2, 0.25) is 0 Å². The Morgan fingerprint density at radius 1 is 1.12 bits per heavy atom. The molecule has 0 bridgehead atoms. The van der Waals surface area contributed by atoms with Gasteiger partial charge in [0.2, 0.25) is 0 Å². The molecule has 1 fully saturated rings. The Kier molecular flexibility index (Phi) is 4.40. The van der Waals surface area contributed by atoms with Gasteiger partial charge in [-0.15, -0.1) is 15.3 Å². The summed E-state index contributed by atoms with van der Waals surface area (Å²) >= 11 is 0. The first-order valence-corrected chi connectivity index (χ1v) is 9.03. The maximum absolute atomic E-state index is 4.51. The standard InChI is InChI=1S/C18H24N8/c1-13-6-7-16(21-20-13)26-9-4-5-15(11-26)18-23-22-17(24(18)3)12-25-10-8-19-14(25)2/h6-8,10,15H,4-5,9,11-12H2,1-3H3/t15-/m1/s1. The molecule has 0 aromatic carbocycles. The number of aryl methyl sites for hydroxylation is 2. The predicted molar refractivity (Wildman–Crippen MR) is 98.0 cm³/mol. The first kappa shape index (κ1) is 16.7. The average Bonchev–Trinajstić information content (AvgIpc) is 3.22. The Morgan fingerprint density at radius 3 is 2.73 bits per heavy atom. The topological polar surface area (TPSA) is 77.5 Å². The highest BCUT2D eigenvalue weighted by molar-refractivity contribution is 5.38. The summed E-state index contributed by atoms with van der Waals surface area (Å²) in [6, 6.07) is 4.06. The highest BCUT2D eigenvalue weighted by Gasteiger charge is 2.26. The summed E-state index contributed by atoms with van der Waals surface area (Å²) in [5.74, 6) is 4.27. The summed E-state index contributed by atoms with van der Waals surface area (Å²) in [7, 11) is 2.06. The Hall–Kier alpha value is -2.77. The second kappa shape index (κ2) is 6.86. The molecule has 4 heterocycles. The van der Waals surface area contributed by atoms with Gasteiger partial charge in [-0.3, -0.25) is 0 Å². The summed E-state index contributed by atoms with van der Waals surface area (Å²) in [6.45, 7) is 6.55. The Balaban J connectivity index is 1.52. The van der Waals surface area contributed by atoms with Crippen molar-refractivity contribution in [1.82, 2.24) is 34.5 Å². The lowest BCUT2D eigenvalue weighted by Crippen LogP contribution is -2.36. The number of rotatable bonds is 4. The molecule has 0 saturated carbocycles. The fourth-order valence-corrected chi connectivity index (χ4v) is 3.55. The number of anilines is 1. The fraction of sp³-hybridized carbons (Fsp3) is 0.500. The van der Waals surface area contributed by atoms with E-state index in [9.17, 15) is 0 Å². The van der Waals surface area contributed by atoms with Gasteiger partial charge in [-0.1, -0.05) is 0 Å². The third-order valence-corrected chi connectivity index (χ3v) is 5.13. The van der Waals surface area contributed by atoms with E-state index in [-0.39, 0.29) is 0 Å². The van der Waals surface area contributed by atoms with E-state index >= 15 is 0 Å². The number of hydrogen-bond donors (Lipinski definition) is 0. The van der Waals surface area contributed by atoms with E-state index in [1.807, 2.05) is 32.3 Å². The van der Waals surface area contributed by atoms with Crippen LogP contribution in [0.15, 0.2) is 24.5 Å². The minimum atomic E-state index is 0.349. The summed E-state index contributed by atoms with van der Waals surface area (Å²) in [5.41, 5.74) is 0.940. The molecular weight excluding hydrogens is 328 g/mol. The van der Waals surface area contributed by atoms with E-state index in [2.05, 4.69) is 52.5 Å². The molecule has 3 aromatic heterocycles. The minimum Gasteiger partial charge on any atom is -0.354 e. The van der Waals surface area contributed by atoms with Gasteiger partial charge in [0.15, 0.2) is 11.6 Å². The van der Waals surface area contributed by atoms with E-state index < -0.39 is 0 Å². The van der Waals surface area contributed by atoms with Gasteiger partial charge in [0, 0.05) is 38.4 Å². The van der Waals surface area contributed by atoms with Gasteiger partial charge in [0.05, 0.1) is 12.2 Å². The number of nitrogens with zero attached hydrogens (tertiary/aromatic N) is 8. The quantitative estimate of drug-likeness (QED) is 0.713. The molecule has 8 heteroatoms. The van der Waals surface area contributed by atoms with Crippen molar-refractivity contribution in [3.05, 3.63) is 47.7 Å². The summed E-state index contributed by atoms with van der Waals surface area (Å²) in [4.78, 5) is 6.58. The van der Waals surface area contributed by atoms with Gasteiger partial charge in [0.1, 0.15) is 11.6 Å². The first-order chi connectivity index (χ1) is 12.6. The zero-order chi connectivity index (χ0) is 18.1. The van der Waals surface area contributed by atoms with Gasteiger partial charge < -0.3 is 14.0 Å². The monoisotopic (exact) mass is 352 g/mol. The van der Waals surface area contributed by atoms with Crippen LogP contribution >= 0.6 is 0 Å². The zero-order valence-corrected chi connectivity index (χ0v) is 15.5. The molecule has 3 aromatic rings. The fourth-order valence-electron chi connectivity index (χ4n) is 3.55. The van der Waals surface area contributed by atoms with Crippen LogP contribution in [-0.4, -0.2) is 47.6 Å². The molecule has 26 heavy (non-hydrogen) atoms. The van der Waals surface area contributed by atoms with Crippen LogP contribution < -0.4 is 4.90 Å². The van der Waals surface area contributed by atoms with Crippen LogP contribution in [0.4, 0.5) is 5.82 Å². The maximum atomic E-state index is 4.51. The highest BCUT2D eigenvalue weighted by Crippen LogP contribution is 2.28. The van der Waals surface area contributed by atoms with E-state index in [1.54, 1.807) is 0 Å². The molecule has 0 unspecified atom stereocenters. The number of piperidine rings is 1. The molecule has 0 radical (unpaired) electrons. The molecule has 0 spiro atoms. The van der Waals surface area contributed by atoms with Crippen molar-refractivity contribution in [2.45, 2.75) is 39.2 Å². The molecule has 1 saturated heterocycles. The first-order valence-electron chi connectivity index (χ1n) is 9.03. The summed E-state index contributed by atoms with van der Waals surface area (Å²) in [6.07, 6.45) is 6.02.